The highest BCUT2D eigenvalue weighted by atomic mass is 32.1. The molecule has 108 valence electrons. The molecule has 3 heterocycles. The molecule has 6 heteroatoms. The smallest absolute Gasteiger partial charge is 0.107 e. The second kappa shape index (κ2) is 6.03. The van der Waals surface area contributed by atoms with E-state index in [1.165, 1.54) is 16.3 Å². The van der Waals surface area contributed by atoms with E-state index in [1.807, 2.05) is 36.4 Å². The van der Waals surface area contributed by atoms with Crippen LogP contribution < -0.4 is 0 Å². The average molecular weight is 292 g/mol. The van der Waals surface area contributed by atoms with Crippen LogP contribution in [-0.4, -0.2) is 39.4 Å². The Balaban J connectivity index is 1.77. The van der Waals surface area contributed by atoms with E-state index < -0.39 is 0 Å². The summed E-state index contributed by atoms with van der Waals surface area (Å²) in [5.74, 6) is 0.395. The zero-order valence-electron chi connectivity index (χ0n) is 12.0. The Hall–Kier alpha value is -1.24. The highest BCUT2D eigenvalue weighted by Crippen LogP contribution is 2.29. The molecule has 2 aromatic heterocycles. The second-order valence-corrected chi connectivity index (χ2v) is 6.11. The number of rotatable bonds is 5. The van der Waals surface area contributed by atoms with Gasteiger partial charge in [-0.15, -0.1) is 11.3 Å². The summed E-state index contributed by atoms with van der Waals surface area (Å²) < 4.78 is 7.66. The van der Waals surface area contributed by atoms with Gasteiger partial charge in [-0.3, -0.25) is 9.58 Å². The molecule has 0 N–H and O–H groups in total. The van der Waals surface area contributed by atoms with Crippen LogP contribution in [0.15, 0.2) is 17.8 Å². The minimum absolute atomic E-state index is 0.395. The summed E-state index contributed by atoms with van der Waals surface area (Å²) in [5, 5.41) is 7.62. The third kappa shape index (κ3) is 2.77. The van der Waals surface area contributed by atoms with Crippen LogP contribution in [0.1, 0.15) is 29.1 Å². The summed E-state index contributed by atoms with van der Waals surface area (Å²) in [7, 11) is 2.02. The van der Waals surface area contributed by atoms with E-state index in [0.717, 1.165) is 32.8 Å². The molecule has 0 saturated carbocycles. The summed E-state index contributed by atoms with van der Waals surface area (Å²) in [4.78, 5) is 6.82. The van der Waals surface area contributed by atoms with Crippen molar-refractivity contribution in [2.75, 3.05) is 19.8 Å². The molecule has 5 nitrogen and oxygen atoms in total. The first kappa shape index (κ1) is 13.7. The quantitative estimate of drug-likeness (QED) is 0.845. The first-order chi connectivity index (χ1) is 9.78. The monoisotopic (exact) mass is 292 g/mol. The molecule has 20 heavy (non-hydrogen) atoms. The molecule has 0 spiro atoms. The van der Waals surface area contributed by atoms with Crippen LogP contribution in [0.5, 0.6) is 0 Å². The summed E-state index contributed by atoms with van der Waals surface area (Å²) in [5.41, 5.74) is 2.65. The number of ether oxygens (including phenoxy) is 1. The fraction of sp³-hybridized carbons (Fsp3) is 0.571. The SMILES string of the molecule is CCOC[C@@H]1CN(Cc2nccs2)Cc2cnn(C)c21. The van der Waals surface area contributed by atoms with Gasteiger partial charge in [-0.25, -0.2) is 4.98 Å². The van der Waals surface area contributed by atoms with Gasteiger partial charge in [-0.1, -0.05) is 0 Å². The third-order valence-corrected chi connectivity index (χ3v) is 4.45. The summed E-state index contributed by atoms with van der Waals surface area (Å²) in [6, 6.07) is 0. The van der Waals surface area contributed by atoms with Crippen molar-refractivity contribution >= 4 is 11.3 Å². The third-order valence-electron chi connectivity index (χ3n) is 3.69. The van der Waals surface area contributed by atoms with Crippen LogP contribution in [0.3, 0.4) is 0 Å². The Morgan fingerprint density at radius 3 is 3.15 bits per heavy atom. The van der Waals surface area contributed by atoms with E-state index in [1.54, 1.807) is 11.3 Å². The van der Waals surface area contributed by atoms with Crippen molar-refractivity contribution in [3.05, 3.63) is 34.0 Å². The van der Waals surface area contributed by atoms with Crippen LogP contribution >= 0.6 is 11.3 Å². The largest absolute Gasteiger partial charge is 0.381 e. The van der Waals surface area contributed by atoms with Crippen LogP contribution in [0.2, 0.25) is 0 Å². The minimum Gasteiger partial charge on any atom is -0.381 e. The minimum atomic E-state index is 0.395. The van der Waals surface area contributed by atoms with Crippen LogP contribution in [0.4, 0.5) is 0 Å². The average Bonchev–Trinajstić information content (AvgIpc) is 3.07. The standard InChI is InChI=1S/C14H20N4OS/c1-3-19-10-12-8-18(9-13-15-4-5-20-13)7-11-6-16-17(2)14(11)12/h4-6,12H,3,7-10H2,1-2H3/t12-/m0/s1. The maximum absolute atomic E-state index is 5.66. The molecular weight excluding hydrogens is 272 g/mol. The Bertz CT molecular complexity index is 552. The normalized spacial score (nSPS) is 19.2. The molecule has 1 atom stereocenters. The van der Waals surface area contributed by atoms with Gasteiger partial charge in [-0.05, 0) is 6.92 Å². The predicted octanol–water partition coefficient (Wildman–Crippen LogP) is 2.01. The highest BCUT2D eigenvalue weighted by molar-refractivity contribution is 7.09. The first-order valence-electron chi connectivity index (χ1n) is 6.97. The van der Waals surface area contributed by atoms with E-state index in [2.05, 4.69) is 15.0 Å². The van der Waals surface area contributed by atoms with Gasteiger partial charge in [0.05, 0.1) is 19.3 Å². The van der Waals surface area contributed by atoms with Gasteiger partial charge < -0.3 is 4.74 Å². The summed E-state index contributed by atoms with van der Waals surface area (Å²) >= 11 is 1.72. The van der Waals surface area contributed by atoms with Crippen molar-refractivity contribution in [1.82, 2.24) is 19.7 Å². The molecule has 2 aromatic rings. The molecule has 0 aliphatic carbocycles. The first-order valence-corrected chi connectivity index (χ1v) is 7.85. The lowest BCUT2D eigenvalue weighted by molar-refractivity contribution is 0.102. The predicted molar refractivity (Wildman–Crippen MR) is 78.7 cm³/mol. The number of hydrogen-bond acceptors (Lipinski definition) is 5. The molecule has 0 bridgehead atoms. The molecule has 3 rings (SSSR count). The highest BCUT2D eigenvalue weighted by Gasteiger charge is 2.28. The van der Waals surface area contributed by atoms with E-state index >= 15 is 0 Å². The molecular formula is C14H20N4OS. The number of aromatic nitrogens is 3. The number of aryl methyl sites for hydroxylation is 1. The van der Waals surface area contributed by atoms with Crippen LogP contribution in [0.25, 0.3) is 0 Å². The fourth-order valence-corrected chi connectivity index (χ4v) is 3.54. The van der Waals surface area contributed by atoms with Crippen LogP contribution in [0, 0.1) is 0 Å². The number of fused-ring (bicyclic) bond motifs is 1. The van der Waals surface area contributed by atoms with Gasteiger partial charge in [-0.2, -0.15) is 5.10 Å². The Labute approximate surface area is 123 Å². The fourth-order valence-electron chi connectivity index (χ4n) is 2.88. The molecule has 1 aliphatic heterocycles. The number of thiazole rings is 1. The van der Waals surface area contributed by atoms with Crippen molar-refractivity contribution in [3.8, 4) is 0 Å². The molecule has 1 aliphatic rings. The Morgan fingerprint density at radius 2 is 2.40 bits per heavy atom. The maximum Gasteiger partial charge on any atom is 0.107 e. The van der Waals surface area contributed by atoms with E-state index in [-0.39, 0.29) is 0 Å². The molecule has 0 unspecified atom stereocenters. The zero-order chi connectivity index (χ0) is 13.9. The summed E-state index contributed by atoms with van der Waals surface area (Å²) in [6.07, 6.45) is 3.86. The Kier molecular flexibility index (Phi) is 4.14. The van der Waals surface area contributed by atoms with Crippen LogP contribution in [-0.2, 0) is 24.9 Å². The van der Waals surface area contributed by atoms with Crippen molar-refractivity contribution < 1.29 is 4.74 Å². The summed E-state index contributed by atoms with van der Waals surface area (Å²) in [6.45, 7) is 6.43. The molecule has 0 fully saturated rings. The molecule has 0 radical (unpaired) electrons. The topological polar surface area (TPSA) is 43.2 Å². The van der Waals surface area contributed by atoms with Crippen molar-refractivity contribution in [2.45, 2.75) is 25.9 Å². The lowest BCUT2D eigenvalue weighted by Gasteiger charge is -2.32. The molecule has 0 saturated heterocycles. The van der Waals surface area contributed by atoms with E-state index in [0.29, 0.717) is 5.92 Å². The van der Waals surface area contributed by atoms with Gasteiger partial charge in [0, 0.05) is 55.5 Å². The molecule has 0 aromatic carbocycles. The van der Waals surface area contributed by atoms with E-state index in [4.69, 9.17) is 4.74 Å². The number of hydrogen-bond donors (Lipinski definition) is 0. The number of nitrogens with zero attached hydrogens (tertiary/aromatic N) is 4. The van der Waals surface area contributed by atoms with E-state index in [9.17, 15) is 0 Å². The van der Waals surface area contributed by atoms with Gasteiger partial charge >= 0.3 is 0 Å². The van der Waals surface area contributed by atoms with Gasteiger partial charge in [0.15, 0.2) is 0 Å². The van der Waals surface area contributed by atoms with Gasteiger partial charge in [0.25, 0.3) is 0 Å². The van der Waals surface area contributed by atoms with Crippen molar-refractivity contribution in [3.63, 3.8) is 0 Å². The van der Waals surface area contributed by atoms with Crippen molar-refractivity contribution in [1.29, 1.82) is 0 Å². The maximum atomic E-state index is 5.66. The second-order valence-electron chi connectivity index (χ2n) is 5.13. The Morgan fingerprint density at radius 1 is 1.50 bits per heavy atom. The molecule has 0 amide bonds. The lowest BCUT2D eigenvalue weighted by atomic mass is 9.97. The zero-order valence-corrected chi connectivity index (χ0v) is 12.8. The lowest BCUT2D eigenvalue weighted by Crippen LogP contribution is -2.35. The van der Waals surface area contributed by atoms with Gasteiger partial charge in [0.2, 0.25) is 0 Å². The van der Waals surface area contributed by atoms with Crippen molar-refractivity contribution in [2.24, 2.45) is 7.05 Å². The van der Waals surface area contributed by atoms with Gasteiger partial charge in [0.1, 0.15) is 5.01 Å².